The minimum atomic E-state index is 0.170. The van der Waals surface area contributed by atoms with E-state index in [-0.39, 0.29) is 10.8 Å². The van der Waals surface area contributed by atoms with E-state index < -0.39 is 0 Å². The van der Waals surface area contributed by atoms with Crippen molar-refractivity contribution in [2.45, 2.75) is 75.0 Å². The normalized spacial score (nSPS) is 21.5. The highest BCUT2D eigenvalue weighted by Gasteiger charge is 2.63. The smallest absolute Gasteiger partial charge is 0.0782 e. The van der Waals surface area contributed by atoms with E-state index in [1.165, 1.54) is 196 Å². The Balaban J connectivity index is 0.000000132. The summed E-state index contributed by atoms with van der Waals surface area (Å²) in [6, 6.07) is 155. The summed E-state index contributed by atoms with van der Waals surface area (Å²) in [4.78, 5) is 4.98. The summed E-state index contributed by atoms with van der Waals surface area (Å²) < 4.78 is 4.88. The first-order chi connectivity index (χ1) is 63.4. The number of nitrogens with zero attached hydrogens (tertiary/aromatic N) is 4. The van der Waals surface area contributed by atoms with Crippen molar-refractivity contribution in [3.8, 4) is 78.1 Å². The van der Waals surface area contributed by atoms with Gasteiger partial charge in [-0.1, -0.05) is 309 Å². The van der Waals surface area contributed by atoms with E-state index in [0.29, 0.717) is 0 Å². The average Bonchev–Trinajstić information content (AvgIpc) is 1.50. The third kappa shape index (κ3) is 11.1. The van der Waals surface area contributed by atoms with E-state index in [1.54, 1.807) is 22.3 Å². The lowest BCUT2D eigenvalue weighted by Crippen LogP contribution is -2.55. The van der Waals surface area contributed by atoms with Crippen molar-refractivity contribution in [2.75, 3.05) is 9.80 Å². The molecule has 8 fully saturated rings. The fraction of sp³-hybridized carbons (Fsp3) is 0.161. The molecule has 0 saturated heterocycles. The minimum Gasteiger partial charge on any atom is -0.310 e. The maximum Gasteiger partial charge on any atom is 0.0782 e. The van der Waals surface area contributed by atoms with Crippen LogP contribution in [0.3, 0.4) is 0 Å². The third-order valence-corrected chi connectivity index (χ3v) is 32.3. The molecule has 18 aromatic carbocycles. The van der Waals surface area contributed by atoms with Crippen LogP contribution in [0.5, 0.6) is 0 Å². The molecule has 612 valence electrons. The molecule has 4 nitrogen and oxygen atoms in total. The Kier molecular flexibility index (Phi) is 16.8. The molecule has 20 aromatic rings. The van der Waals surface area contributed by atoms with E-state index in [4.69, 9.17) is 0 Å². The van der Waals surface area contributed by atoms with Crippen LogP contribution < -0.4 is 9.80 Å². The Labute approximate surface area is 748 Å². The number of anilines is 6. The van der Waals surface area contributed by atoms with Gasteiger partial charge in [0.15, 0.2) is 0 Å². The van der Waals surface area contributed by atoms with Gasteiger partial charge in [-0.15, -0.1) is 0 Å². The molecule has 0 atom stereocenters. The quantitative estimate of drug-likeness (QED) is 0.121. The summed E-state index contributed by atoms with van der Waals surface area (Å²) in [5, 5.41) is 9.99. The number of rotatable bonds is 12. The zero-order valence-electron chi connectivity index (χ0n) is 71.7. The molecule has 8 saturated carbocycles. The van der Waals surface area contributed by atoms with Gasteiger partial charge in [0.1, 0.15) is 0 Å². The number of benzene rings is 18. The van der Waals surface area contributed by atoms with Crippen LogP contribution in [0.4, 0.5) is 34.1 Å². The number of para-hydroxylation sites is 5. The molecule has 4 heteroatoms. The van der Waals surface area contributed by atoms with Gasteiger partial charge in [0.2, 0.25) is 0 Å². The van der Waals surface area contributed by atoms with Crippen molar-refractivity contribution in [1.29, 1.82) is 0 Å². The molecule has 10 aliphatic carbocycles. The Hall–Kier alpha value is -14.3. The van der Waals surface area contributed by atoms with E-state index in [0.717, 1.165) is 92.8 Å². The summed E-state index contributed by atoms with van der Waals surface area (Å²) in [5.74, 6) is 6.78. The molecule has 2 aromatic heterocycles. The second kappa shape index (κ2) is 29.1. The fourth-order valence-electron chi connectivity index (χ4n) is 27.8. The lowest BCUT2D eigenvalue weighted by molar-refractivity contribution is -0.0399. The van der Waals surface area contributed by atoms with Gasteiger partial charge >= 0.3 is 0 Å². The van der Waals surface area contributed by atoms with Gasteiger partial charge in [0.05, 0.1) is 39.1 Å². The summed E-state index contributed by atoms with van der Waals surface area (Å²) >= 11 is 0. The van der Waals surface area contributed by atoms with Crippen molar-refractivity contribution < 1.29 is 0 Å². The monoisotopic (exact) mass is 1640 g/mol. The van der Waals surface area contributed by atoms with Gasteiger partial charge in [-0.3, -0.25) is 0 Å². The van der Waals surface area contributed by atoms with E-state index in [1.807, 2.05) is 0 Å². The maximum atomic E-state index is 2.57. The largest absolute Gasteiger partial charge is 0.310 e. The Morgan fingerprint density at radius 3 is 1.02 bits per heavy atom. The first kappa shape index (κ1) is 74.0. The fourth-order valence-corrected chi connectivity index (χ4v) is 27.8. The van der Waals surface area contributed by atoms with Crippen molar-refractivity contribution in [1.82, 2.24) is 9.13 Å². The molecule has 2 heterocycles. The second-order valence-corrected chi connectivity index (χ2v) is 38.6. The zero-order chi connectivity index (χ0) is 83.9. The van der Waals surface area contributed by atoms with Gasteiger partial charge < -0.3 is 18.9 Å². The molecule has 0 N–H and O–H groups in total. The molecule has 0 radical (unpaired) electrons. The van der Waals surface area contributed by atoms with Crippen LogP contribution in [-0.2, 0) is 10.8 Å². The molecule has 30 rings (SSSR count). The van der Waals surface area contributed by atoms with Crippen LogP contribution in [0.15, 0.2) is 413 Å². The molecular weight excluding hydrogens is 1550 g/mol. The van der Waals surface area contributed by atoms with E-state index in [2.05, 4.69) is 431 Å². The molecule has 0 unspecified atom stereocenters. The zero-order valence-corrected chi connectivity index (χ0v) is 71.7. The molecule has 2 spiro atoms. The van der Waals surface area contributed by atoms with Gasteiger partial charge in [-0.05, 0) is 314 Å². The second-order valence-electron chi connectivity index (χ2n) is 38.6. The highest BCUT2D eigenvalue weighted by molar-refractivity contribution is 6.17. The summed E-state index contributed by atoms with van der Waals surface area (Å²) in [5.41, 5.74) is 36.6. The number of aromatic nitrogens is 2. The molecule has 0 aliphatic heterocycles. The molecule has 10 aliphatic rings. The number of hydrogen-bond donors (Lipinski definition) is 0. The first-order valence-electron chi connectivity index (χ1n) is 47.0. The van der Waals surface area contributed by atoms with Crippen LogP contribution in [-0.4, -0.2) is 9.13 Å². The Morgan fingerprint density at radius 2 is 0.531 bits per heavy atom. The van der Waals surface area contributed by atoms with Crippen LogP contribution in [0.2, 0.25) is 0 Å². The van der Waals surface area contributed by atoms with Crippen molar-refractivity contribution in [3.63, 3.8) is 0 Å². The predicted molar refractivity (Wildman–Crippen MR) is 534 cm³/mol. The SMILES string of the molecule is c1ccc(-c2ccc(N(c3cccc(-n4c5ccccc5c5ccccc54)c3)c3cccc4c(-c5ccc6c(c5)-c5ccccc5C65C6CC7CC(C6)CC5C7)cccc34)cc2)cc1.c1ccc(-c2ccc(N(c3cccc4c(-c5ccc6c(c5)-c5ccccc5C65C6CC7CC(C6)CC5C7)cccc34)c3cccc4c5ccccc5n(-c5ccccc5)c34)cc2)cc1. The third-order valence-electron chi connectivity index (χ3n) is 32.3. The molecule has 8 bridgehead atoms. The van der Waals surface area contributed by atoms with Crippen molar-refractivity contribution in [3.05, 3.63) is 435 Å². The van der Waals surface area contributed by atoms with Crippen LogP contribution >= 0.6 is 0 Å². The minimum absolute atomic E-state index is 0.170. The summed E-state index contributed by atoms with van der Waals surface area (Å²) in [7, 11) is 0. The maximum absolute atomic E-state index is 2.57. The van der Waals surface area contributed by atoms with Crippen molar-refractivity contribution >= 4 is 99.3 Å². The summed E-state index contributed by atoms with van der Waals surface area (Å²) in [6.07, 6.45) is 14.2. The number of hydrogen-bond acceptors (Lipinski definition) is 2. The van der Waals surface area contributed by atoms with Crippen LogP contribution in [0.25, 0.3) is 143 Å². The Bertz CT molecular complexity index is 7730. The lowest BCUT2D eigenvalue weighted by Gasteiger charge is -2.61. The Morgan fingerprint density at radius 1 is 0.195 bits per heavy atom. The first-order valence-corrected chi connectivity index (χ1v) is 47.0. The highest BCUT2D eigenvalue weighted by atomic mass is 15.2. The van der Waals surface area contributed by atoms with Crippen LogP contribution in [0.1, 0.15) is 86.5 Å². The average molecular weight is 1640 g/mol. The van der Waals surface area contributed by atoms with Crippen LogP contribution in [0, 0.1) is 47.3 Å². The standard InChI is InChI=1S/2C62H48N2/c1-3-14-42(15-4-1)43-28-31-48(32-29-43)63(60-27-13-23-54-53-19-8-10-25-59(53)64(61(54)60)47-16-5-2-6-17-47)58-26-12-21-50-49(20-11-22-52(50)58)44-30-33-57-55(39-44)51-18-7-9-24-56(51)62(57)45-35-40-34-41(37-45)38-46(62)36-40;1-2-13-42(14-3-1)43-27-30-47(31-28-43)63(48-15-10-16-49(39-48)64-60-24-8-5-18-54(60)55-19-6-9-25-61(55)64)59-26-12-21-51-50(20-11-22-53(51)59)44-29-32-58-56(38-44)52-17-4-7-23-57(52)62(58)45-34-40-33-41(36-45)37-46(62)35-40/h1-33,39-41,45-46H,34-38H2;1-32,38-41,45-46H,33-37H2. The van der Waals surface area contributed by atoms with Gasteiger partial charge in [0.25, 0.3) is 0 Å². The summed E-state index contributed by atoms with van der Waals surface area (Å²) in [6.45, 7) is 0. The highest BCUT2D eigenvalue weighted by Crippen LogP contribution is 2.72. The van der Waals surface area contributed by atoms with Gasteiger partial charge in [-0.25, -0.2) is 0 Å². The van der Waals surface area contributed by atoms with Gasteiger partial charge in [0, 0.05) is 71.6 Å². The van der Waals surface area contributed by atoms with Gasteiger partial charge in [-0.2, -0.15) is 0 Å². The molecule has 128 heavy (non-hydrogen) atoms. The van der Waals surface area contributed by atoms with E-state index >= 15 is 0 Å². The number of fused-ring (bicyclic) bond motifs is 14. The molecule has 0 amide bonds. The molecular formula is C124H96N4. The lowest BCUT2D eigenvalue weighted by atomic mass is 9.43. The predicted octanol–water partition coefficient (Wildman–Crippen LogP) is 32.9. The van der Waals surface area contributed by atoms with Crippen molar-refractivity contribution in [2.24, 2.45) is 47.3 Å². The van der Waals surface area contributed by atoms with E-state index in [9.17, 15) is 0 Å². The topological polar surface area (TPSA) is 16.3 Å².